The number of ether oxygens (including phenoxy) is 1. The average Bonchev–Trinajstić information content (AvgIpc) is 2.28. The molecule has 1 fully saturated rings. The van der Waals surface area contributed by atoms with Gasteiger partial charge in [0.15, 0.2) is 0 Å². The predicted molar refractivity (Wildman–Crippen MR) is 77.0 cm³/mol. The van der Waals surface area contributed by atoms with Crippen LogP contribution in [0.2, 0.25) is 0 Å². The third-order valence-corrected chi connectivity index (χ3v) is 4.44. The van der Waals surface area contributed by atoms with Gasteiger partial charge in [0.25, 0.3) is 0 Å². The minimum absolute atomic E-state index is 0.522. The summed E-state index contributed by atoms with van der Waals surface area (Å²) in [6, 6.07) is 6.05. The van der Waals surface area contributed by atoms with Crippen molar-refractivity contribution in [2.24, 2.45) is 5.92 Å². The summed E-state index contributed by atoms with van der Waals surface area (Å²) in [6.07, 6.45) is 4.95. The molecule has 0 saturated heterocycles. The first kappa shape index (κ1) is 13.9. The van der Waals surface area contributed by atoms with Crippen molar-refractivity contribution in [3.05, 3.63) is 28.2 Å². The maximum Gasteiger partial charge on any atom is 0.133 e. The number of rotatable bonds is 3. The van der Waals surface area contributed by atoms with Crippen molar-refractivity contribution in [3.63, 3.8) is 0 Å². The second-order valence-corrected chi connectivity index (χ2v) is 6.43. The lowest BCUT2D eigenvalue weighted by molar-refractivity contribution is -0.0124. The Morgan fingerprint density at radius 2 is 2.28 bits per heavy atom. The molecule has 1 aromatic carbocycles. The summed E-state index contributed by atoms with van der Waals surface area (Å²) < 4.78 is 6.18. The van der Waals surface area contributed by atoms with Gasteiger partial charge in [0.05, 0.1) is 17.2 Å². The maximum atomic E-state index is 10.7. The van der Waals surface area contributed by atoms with E-state index in [1.54, 1.807) is 7.11 Å². The second kappa shape index (κ2) is 5.62. The van der Waals surface area contributed by atoms with Crippen LogP contribution in [0.25, 0.3) is 0 Å². The number of methoxy groups -OCH3 is 1. The quantitative estimate of drug-likeness (QED) is 0.916. The molecule has 1 aliphatic carbocycles. The summed E-state index contributed by atoms with van der Waals surface area (Å²) in [6.45, 7) is 2.23. The third kappa shape index (κ3) is 3.27. The van der Waals surface area contributed by atoms with E-state index in [1.165, 1.54) is 12.0 Å². The van der Waals surface area contributed by atoms with E-state index < -0.39 is 5.60 Å². The van der Waals surface area contributed by atoms with Crippen LogP contribution < -0.4 is 4.74 Å². The highest BCUT2D eigenvalue weighted by Gasteiger charge is 2.32. The molecule has 2 unspecified atom stereocenters. The standard InChI is InChI=1S/C15H21BrO2/c1-11-4-3-7-15(17,9-11)10-12-5-6-14(18-2)13(16)8-12/h5-6,8,11,17H,3-4,7,9-10H2,1-2H3. The summed E-state index contributed by atoms with van der Waals surface area (Å²) in [5, 5.41) is 10.7. The fourth-order valence-corrected chi connectivity index (χ4v) is 3.58. The summed E-state index contributed by atoms with van der Waals surface area (Å²) in [5.41, 5.74) is 0.644. The molecule has 0 radical (unpaired) electrons. The van der Waals surface area contributed by atoms with E-state index in [2.05, 4.69) is 28.9 Å². The Morgan fingerprint density at radius 3 is 2.89 bits per heavy atom. The molecule has 0 aliphatic heterocycles. The maximum absolute atomic E-state index is 10.7. The van der Waals surface area contributed by atoms with Crippen molar-refractivity contribution in [2.75, 3.05) is 7.11 Å². The van der Waals surface area contributed by atoms with Gasteiger partial charge in [-0.25, -0.2) is 0 Å². The zero-order valence-electron chi connectivity index (χ0n) is 11.1. The Balaban J connectivity index is 2.11. The van der Waals surface area contributed by atoms with Crippen LogP contribution in [-0.4, -0.2) is 17.8 Å². The smallest absolute Gasteiger partial charge is 0.133 e. The Bertz CT molecular complexity index is 419. The molecule has 2 atom stereocenters. The Morgan fingerprint density at radius 1 is 1.50 bits per heavy atom. The zero-order chi connectivity index (χ0) is 13.2. The molecule has 0 spiro atoms. The van der Waals surface area contributed by atoms with E-state index in [9.17, 15) is 5.11 Å². The molecule has 100 valence electrons. The molecular formula is C15H21BrO2. The Kier molecular flexibility index (Phi) is 4.33. The van der Waals surface area contributed by atoms with Crippen molar-refractivity contribution < 1.29 is 9.84 Å². The topological polar surface area (TPSA) is 29.5 Å². The molecule has 1 N–H and O–H groups in total. The van der Waals surface area contributed by atoms with E-state index in [0.717, 1.165) is 35.9 Å². The van der Waals surface area contributed by atoms with Gasteiger partial charge in [-0.2, -0.15) is 0 Å². The van der Waals surface area contributed by atoms with Gasteiger partial charge in [-0.3, -0.25) is 0 Å². The largest absolute Gasteiger partial charge is 0.496 e. The first-order valence-electron chi connectivity index (χ1n) is 6.57. The van der Waals surface area contributed by atoms with Crippen LogP contribution in [0.3, 0.4) is 0 Å². The van der Waals surface area contributed by atoms with Gasteiger partial charge in [0.1, 0.15) is 5.75 Å². The fraction of sp³-hybridized carbons (Fsp3) is 0.600. The van der Waals surface area contributed by atoms with E-state index in [1.807, 2.05) is 12.1 Å². The third-order valence-electron chi connectivity index (χ3n) is 3.82. The number of aliphatic hydroxyl groups is 1. The Labute approximate surface area is 117 Å². The predicted octanol–water partition coefficient (Wildman–Crippen LogP) is 3.94. The lowest BCUT2D eigenvalue weighted by Crippen LogP contribution is -2.36. The molecule has 0 amide bonds. The molecule has 0 bridgehead atoms. The number of benzene rings is 1. The molecule has 0 heterocycles. The molecule has 2 rings (SSSR count). The van der Waals surface area contributed by atoms with Crippen molar-refractivity contribution in [2.45, 2.75) is 44.6 Å². The van der Waals surface area contributed by atoms with Gasteiger partial charge < -0.3 is 9.84 Å². The van der Waals surface area contributed by atoms with E-state index in [4.69, 9.17) is 4.74 Å². The highest BCUT2D eigenvalue weighted by atomic mass is 79.9. The molecule has 1 aromatic rings. The van der Waals surface area contributed by atoms with Gasteiger partial charge in [-0.1, -0.05) is 25.8 Å². The van der Waals surface area contributed by atoms with E-state index in [-0.39, 0.29) is 0 Å². The lowest BCUT2D eigenvalue weighted by atomic mass is 9.76. The van der Waals surface area contributed by atoms with Gasteiger partial charge in [0.2, 0.25) is 0 Å². The SMILES string of the molecule is COc1ccc(CC2(O)CCCC(C)C2)cc1Br. The Hall–Kier alpha value is -0.540. The fourth-order valence-electron chi connectivity index (χ4n) is 2.99. The summed E-state index contributed by atoms with van der Waals surface area (Å²) in [5.74, 6) is 1.47. The minimum Gasteiger partial charge on any atom is -0.496 e. The zero-order valence-corrected chi connectivity index (χ0v) is 12.7. The van der Waals surface area contributed by atoms with E-state index in [0.29, 0.717) is 5.92 Å². The highest BCUT2D eigenvalue weighted by molar-refractivity contribution is 9.10. The lowest BCUT2D eigenvalue weighted by Gasteiger charge is -2.35. The average molecular weight is 313 g/mol. The molecule has 18 heavy (non-hydrogen) atoms. The number of hydrogen-bond acceptors (Lipinski definition) is 2. The summed E-state index contributed by atoms with van der Waals surface area (Å²) in [4.78, 5) is 0. The van der Waals surface area contributed by atoms with Crippen LogP contribution in [0.1, 0.15) is 38.2 Å². The number of halogens is 1. The number of hydrogen-bond donors (Lipinski definition) is 1. The molecule has 3 heteroatoms. The van der Waals surface area contributed by atoms with Gasteiger partial charge in [0, 0.05) is 6.42 Å². The van der Waals surface area contributed by atoms with Crippen LogP contribution in [0.15, 0.2) is 22.7 Å². The highest BCUT2D eigenvalue weighted by Crippen LogP contribution is 2.35. The summed E-state index contributed by atoms with van der Waals surface area (Å²) >= 11 is 3.49. The van der Waals surface area contributed by atoms with Crippen LogP contribution in [0.5, 0.6) is 5.75 Å². The monoisotopic (exact) mass is 312 g/mol. The minimum atomic E-state index is -0.522. The van der Waals surface area contributed by atoms with Crippen molar-refractivity contribution in [1.82, 2.24) is 0 Å². The molecular weight excluding hydrogens is 292 g/mol. The normalized spacial score (nSPS) is 28.1. The first-order valence-corrected chi connectivity index (χ1v) is 7.36. The first-order chi connectivity index (χ1) is 8.52. The van der Waals surface area contributed by atoms with Crippen LogP contribution in [0, 0.1) is 5.92 Å². The molecule has 1 saturated carbocycles. The van der Waals surface area contributed by atoms with Crippen LogP contribution in [-0.2, 0) is 6.42 Å². The van der Waals surface area contributed by atoms with Gasteiger partial charge in [-0.05, 0) is 52.4 Å². The van der Waals surface area contributed by atoms with Crippen LogP contribution in [0.4, 0.5) is 0 Å². The van der Waals surface area contributed by atoms with Crippen molar-refractivity contribution in [1.29, 1.82) is 0 Å². The van der Waals surface area contributed by atoms with Crippen molar-refractivity contribution >= 4 is 15.9 Å². The van der Waals surface area contributed by atoms with Crippen LogP contribution >= 0.6 is 15.9 Å². The second-order valence-electron chi connectivity index (χ2n) is 5.57. The summed E-state index contributed by atoms with van der Waals surface area (Å²) in [7, 11) is 1.66. The van der Waals surface area contributed by atoms with Crippen molar-refractivity contribution in [3.8, 4) is 5.75 Å². The van der Waals surface area contributed by atoms with E-state index >= 15 is 0 Å². The molecule has 0 aromatic heterocycles. The van der Waals surface area contributed by atoms with Gasteiger partial charge >= 0.3 is 0 Å². The van der Waals surface area contributed by atoms with Gasteiger partial charge in [-0.15, -0.1) is 0 Å². The molecule has 2 nitrogen and oxygen atoms in total. The molecule has 1 aliphatic rings.